The molecule has 0 aliphatic carbocycles. The van der Waals surface area contributed by atoms with E-state index in [4.69, 9.17) is 15.3 Å². The highest BCUT2D eigenvalue weighted by Crippen LogP contribution is 2.40. The monoisotopic (exact) mass is 454 g/mol. The summed E-state index contributed by atoms with van der Waals surface area (Å²) in [5.41, 5.74) is 6.16. The minimum atomic E-state index is -1.31. The molecule has 0 saturated carbocycles. The normalized spacial score (nSPS) is 20.9. The molecule has 2 amide bonds. The predicted octanol–water partition coefficient (Wildman–Crippen LogP) is -0.0175. The SMILES string of the molecule is CON=C(C(=O)NC1C(=O)N2C(C(=O)O)=C(COC(C)=O)CSC12)c1csc(N)c1. The highest BCUT2D eigenvalue weighted by Gasteiger charge is 2.54. The summed E-state index contributed by atoms with van der Waals surface area (Å²) in [6, 6.07) is 0.615. The van der Waals surface area contributed by atoms with Crippen molar-refractivity contribution in [3.8, 4) is 0 Å². The zero-order chi connectivity index (χ0) is 22.0. The van der Waals surface area contributed by atoms with Crippen LogP contribution in [0.2, 0.25) is 0 Å². The van der Waals surface area contributed by atoms with Gasteiger partial charge in [0, 0.05) is 29.2 Å². The van der Waals surface area contributed by atoms with Gasteiger partial charge in [-0.25, -0.2) is 4.79 Å². The summed E-state index contributed by atoms with van der Waals surface area (Å²) in [5, 5.41) is 17.4. The number of fused-ring (bicyclic) bond motifs is 1. The Balaban J connectivity index is 1.77. The molecule has 1 aromatic heterocycles. The molecule has 1 aromatic rings. The molecule has 0 radical (unpaired) electrons. The van der Waals surface area contributed by atoms with E-state index in [0.717, 1.165) is 4.90 Å². The van der Waals surface area contributed by atoms with Gasteiger partial charge in [0.25, 0.3) is 11.8 Å². The number of nitrogens with zero attached hydrogens (tertiary/aromatic N) is 2. The van der Waals surface area contributed by atoms with Crippen LogP contribution in [0.5, 0.6) is 0 Å². The van der Waals surface area contributed by atoms with E-state index >= 15 is 0 Å². The quantitative estimate of drug-likeness (QED) is 0.223. The molecule has 2 unspecified atom stereocenters. The van der Waals surface area contributed by atoms with Gasteiger partial charge in [-0.05, 0) is 6.07 Å². The van der Waals surface area contributed by atoms with Crippen molar-refractivity contribution in [2.24, 2.45) is 5.16 Å². The standard InChI is InChI=1S/C17H18N4O7S2/c1-7(22)28-4-9-6-30-16-12(15(24)21(16)13(9)17(25)26)19-14(23)11(20-27-2)8-3-10(18)29-5-8/h3,5,12,16H,4,6,18H2,1-2H3,(H,19,23)(H,25,26). The molecule has 11 nitrogen and oxygen atoms in total. The first kappa shape index (κ1) is 21.6. The number of hydrogen-bond donors (Lipinski definition) is 3. The topological polar surface area (TPSA) is 161 Å². The van der Waals surface area contributed by atoms with Crippen LogP contribution in [0.3, 0.4) is 0 Å². The molecule has 160 valence electrons. The molecule has 2 atom stereocenters. The summed E-state index contributed by atoms with van der Waals surface area (Å²) < 4.78 is 4.89. The predicted molar refractivity (Wildman–Crippen MR) is 109 cm³/mol. The Hall–Kier alpha value is -3.06. The van der Waals surface area contributed by atoms with Crippen LogP contribution in [0.25, 0.3) is 0 Å². The van der Waals surface area contributed by atoms with Crippen molar-refractivity contribution in [2.75, 3.05) is 25.2 Å². The zero-order valence-corrected chi connectivity index (χ0v) is 17.5. The number of carbonyl (C=O) groups is 4. The van der Waals surface area contributed by atoms with Crippen LogP contribution in [0, 0.1) is 0 Å². The van der Waals surface area contributed by atoms with Gasteiger partial charge in [0.2, 0.25) is 0 Å². The lowest BCUT2D eigenvalue weighted by molar-refractivity contribution is -0.150. The average Bonchev–Trinajstić information content (AvgIpc) is 3.13. The van der Waals surface area contributed by atoms with Crippen LogP contribution < -0.4 is 11.1 Å². The van der Waals surface area contributed by atoms with Gasteiger partial charge in [-0.2, -0.15) is 0 Å². The lowest BCUT2D eigenvalue weighted by atomic mass is 10.0. The Bertz CT molecular complexity index is 971. The molecule has 3 rings (SSSR count). The maximum absolute atomic E-state index is 12.7. The number of esters is 1. The minimum Gasteiger partial charge on any atom is -0.477 e. The van der Waals surface area contributed by atoms with Gasteiger partial charge in [0.05, 0.1) is 5.00 Å². The molecule has 2 aliphatic heterocycles. The van der Waals surface area contributed by atoms with E-state index in [9.17, 15) is 24.3 Å². The molecule has 4 N–H and O–H groups in total. The lowest BCUT2D eigenvalue weighted by Gasteiger charge is -2.49. The van der Waals surface area contributed by atoms with Gasteiger partial charge in [-0.1, -0.05) is 5.16 Å². The average molecular weight is 454 g/mol. The Kier molecular flexibility index (Phi) is 6.31. The number of rotatable bonds is 7. The number of aliphatic carboxylic acids is 1. The van der Waals surface area contributed by atoms with Gasteiger partial charge < -0.3 is 25.7 Å². The molecule has 1 fully saturated rings. The van der Waals surface area contributed by atoms with Gasteiger partial charge in [-0.15, -0.1) is 23.1 Å². The van der Waals surface area contributed by atoms with Crippen molar-refractivity contribution >= 4 is 57.6 Å². The first-order chi connectivity index (χ1) is 14.2. The van der Waals surface area contributed by atoms with Crippen LogP contribution >= 0.6 is 23.1 Å². The van der Waals surface area contributed by atoms with E-state index < -0.39 is 35.2 Å². The molecular formula is C17H18N4O7S2. The fourth-order valence-electron chi connectivity index (χ4n) is 2.99. The molecule has 30 heavy (non-hydrogen) atoms. The van der Waals surface area contributed by atoms with Crippen molar-refractivity contribution in [3.05, 3.63) is 28.3 Å². The van der Waals surface area contributed by atoms with Crippen LogP contribution in [0.15, 0.2) is 27.9 Å². The van der Waals surface area contributed by atoms with Crippen LogP contribution in [-0.2, 0) is 28.8 Å². The second-order valence-electron chi connectivity index (χ2n) is 6.26. The number of carboxylic acid groups (broad SMARTS) is 1. The third kappa shape index (κ3) is 4.11. The van der Waals surface area contributed by atoms with Gasteiger partial charge in [0.15, 0.2) is 5.71 Å². The number of amides is 2. The highest BCUT2D eigenvalue weighted by molar-refractivity contribution is 8.00. The van der Waals surface area contributed by atoms with Gasteiger partial charge in [-0.3, -0.25) is 19.3 Å². The largest absolute Gasteiger partial charge is 0.477 e. The van der Waals surface area contributed by atoms with Crippen molar-refractivity contribution in [2.45, 2.75) is 18.3 Å². The molecule has 0 spiro atoms. The number of carbonyl (C=O) groups excluding carboxylic acids is 3. The number of hydrogen-bond acceptors (Lipinski definition) is 10. The van der Waals surface area contributed by atoms with Crippen molar-refractivity contribution in [1.29, 1.82) is 0 Å². The zero-order valence-electron chi connectivity index (χ0n) is 15.9. The number of thioether (sulfide) groups is 1. The second-order valence-corrected chi connectivity index (χ2v) is 8.31. The Labute approximate surface area is 178 Å². The summed E-state index contributed by atoms with van der Waals surface area (Å²) >= 11 is 2.48. The van der Waals surface area contributed by atoms with Crippen LogP contribution in [0.4, 0.5) is 5.00 Å². The Morgan fingerprint density at radius 3 is 2.73 bits per heavy atom. The lowest BCUT2D eigenvalue weighted by Crippen LogP contribution is -2.71. The summed E-state index contributed by atoms with van der Waals surface area (Å²) in [6.45, 7) is 0.988. The van der Waals surface area contributed by atoms with E-state index in [2.05, 4.69) is 10.5 Å². The molecule has 3 heterocycles. The van der Waals surface area contributed by atoms with E-state index in [-0.39, 0.29) is 23.8 Å². The van der Waals surface area contributed by atoms with Gasteiger partial charge in [0.1, 0.15) is 30.8 Å². The van der Waals surface area contributed by atoms with Gasteiger partial charge >= 0.3 is 11.9 Å². The third-order valence-corrected chi connectivity index (χ3v) is 6.38. The Morgan fingerprint density at radius 1 is 1.43 bits per heavy atom. The molecule has 0 bridgehead atoms. The van der Waals surface area contributed by atoms with Crippen molar-refractivity contribution in [1.82, 2.24) is 10.2 Å². The third-order valence-electron chi connectivity index (χ3n) is 4.28. The van der Waals surface area contributed by atoms with E-state index in [0.29, 0.717) is 16.1 Å². The molecule has 1 saturated heterocycles. The number of ether oxygens (including phenoxy) is 1. The second kappa shape index (κ2) is 8.75. The number of β-lactam (4-membered cyclic amide) rings is 1. The molecule has 0 aromatic carbocycles. The maximum atomic E-state index is 12.7. The fourth-order valence-corrected chi connectivity index (χ4v) is 4.95. The number of oxime groups is 1. The van der Waals surface area contributed by atoms with E-state index in [1.807, 2.05) is 0 Å². The van der Waals surface area contributed by atoms with E-state index in [1.165, 1.54) is 37.1 Å². The van der Waals surface area contributed by atoms with Crippen molar-refractivity contribution in [3.63, 3.8) is 0 Å². The first-order valence-electron chi connectivity index (χ1n) is 8.54. The number of nitrogens with one attached hydrogen (secondary N) is 1. The smallest absolute Gasteiger partial charge is 0.352 e. The van der Waals surface area contributed by atoms with Crippen LogP contribution in [0.1, 0.15) is 12.5 Å². The fraction of sp³-hybridized carbons (Fsp3) is 0.353. The summed E-state index contributed by atoms with van der Waals surface area (Å²) in [4.78, 5) is 53.9. The summed E-state index contributed by atoms with van der Waals surface area (Å²) in [5.74, 6) is -2.87. The van der Waals surface area contributed by atoms with Crippen LogP contribution in [-0.4, -0.2) is 70.4 Å². The molecule has 2 aliphatic rings. The minimum absolute atomic E-state index is 0.0537. The molecular weight excluding hydrogens is 436 g/mol. The summed E-state index contributed by atoms with van der Waals surface area (Å²) in [6.07, 6.45) is 0. The number of nitrogen functional groups attached to an aromatic ring is 1. The Morgan fingerprint density at radius 2 is 2.17 bits per heavy atom. The van der Waals surface area contributed by atoms with E-state index in [1.54, 1.807) is 11.4 Å². The number of nitrogens with two attached hydrogens (primary N) is 1. The summed E-state index contributed by atoms with van der Waals surface area (Å²) in [7, 11) is 1.28. The van der Waals surface area contributed by atoms with Crippen molar-refractivity contribution < 1.29 is 33.9 Å². The number of thiophene rings is 1. The maximum Gasteiger partial charge on any atom is 0.352 e. The molecule has 13 heteroatoms. The number of carboxylic acids is 1. The highest BCUT2D eigenvalue weighted by atomic mass is 32.2. The number of anilines is 1. The first-order valence-corrected chi connectivity index (χ1v) is 10.5.